The number of para-hydroxylation sites is 2. The average molecular weight is 730 g/mol. The summed E-state index contributed by atoms with van der Waals surface area (Å²) >= 11 is 0. The Labute approximate surface area is 329 Å². The summed E-state index contributed by atoms with van der Waals surface area (Å²) in [5.74, 6) is 2.41. The molecule has 8 aromatic carbocycles. The highest BCUT2D eigenvalue weighted by atomic mass is 16.3. The lowest BCUT2D eigenvalue weighted by atomic mass is 9.85. The minimum Gasteiger partial charge on any atom is -0.436 e. The lowest BCUT2D eigenvalue weighted by molar-refractivity contribution is 0.620. The van der Waals surface area contributed by atoms with Gasteiger partial charge in [-0.1, -0.05) is 158 Å². The highest BCUT2D eigenvalue weighted by Crippen LogP contribution is 2.44. The van der Waals surface area contributed by atoms with E-state index in [9.17, 15) is 5.26 Å². The van der Waals surface area contributed by atoms with Crippen LogP contribution in [0.1, 0.15) is 5.56 Å². The SMILES string of the molecule is N#Cc1cccc(-c2c(-c3ccc(-c4nc(-c5ccccc5)nc(-c5ccccc5)n4)cc3)cccc2-c2ccc(-c3nc4ccccc4o3)c3ccccc23)c1. The first-order chi connectivity index (χ1) is 28.2. The fraction of sp³-hybridized carbons (Fsp3) is 0. The molecule has 0 saturated heterocycles. The van der Waals surface area contributed by atoms with Crippen LogP contribution in [0.5, 0.6) is 0 Å². The quantitative estimate of drug-likeness (QED) is 0.162. The molecule has 2 heterocycles. The zero-order valence-corrected chi connectivity index (χ0v) is 30.5. The molecular formula is C51H31N5O. The van der Waals surface area contributed by atoms with Gasteiger partial charge in [0.1, 0.15) is 5.52 Å². The number of hydrogen-bond acceptors (Lipinski definition) is 6. The lowest BCUT2D eigenvalue weighted by Gasteiger charge is -2.18. The molecule has 10 rings (SSSR count). The highest BCUT2D eigenvalue weighted by molar-refractivity contribution is 6.08. The largest absolute Gasteiger partial charge is 0.436 e. The first kappa shape index (κ1) is 33.6. The Hall–Kier alpha value is -8.01. The van der Waals surface area contributed by atoms with Crippen LogP contribution in [0, 0.1) is 11.3 Å². The van der Waals surface area contributed by atoms with Crippen molar-refractivity contribution in [3.8, 4) is 85.1 Å². The molecule has 0 N–H and O–H groups in total. The number of benzene rings is 8. The summed E-state index contributed by atoms with van der Waals surface area (Å²) in [5, 5.41) is 12.1. The molecule has 0 fully saturated rings. The molecule has 0 bridgehead atoms. The van der Waals surface area contributed by atoms with Crippen molar-refractivity contribution in [2.24, 2.45) is 0 Å². The molecular weight excluding hydrogens is 699 g/mol. The van der Waals surface area contributed by atoms with Crippen LogP contribution in [0.4, 0.5) is 0 Å². The number of nitrogens with zero attached hydrogens (tertiary/aromatic N) is 5. The molecule has 0 atom stereocenters. The summed E-state index contributed by atoms with van der Waals surface area (Å²) in [6, 6.07) is 65.4. The van der Waals surface area contributed by atoms with Crippen molar-refractivity contribution in [2.45, 2.75) is 0 Å². The van der Waals surface area contributed by atoms with Crippen molar-refractivity contribution in [1.29, 1.82) is 5.26 Å². The van der Waals surface area contributed by atoms with Gasteiger partial charge in [0, 0.05) is 22.3 Å². The molecule has 6 heteroatoms. The van der Waals surface area contributed by atoms with Crippen molar-refractivity contribution in [3.63, 3.8) is 0 Å². The van der Waals surface area contributed by atoms with Crippen molar-refractivity contribution >= 4 is 21.9 Å². The van der Waals surface area contributed by atoms with E-state index in [1.807, 2.05) is 109 Å². The van der Waals surface area contributed by atoms with Crippen LogP contribution in [0.25, 0.3) is 101 Å². The standard InChI is InChI=1S/C51H31N5O/c52-32-33-13-11-18-38(31-33)47-39(21-12-22-43(47)42-29-30-44(41-20-8-7-19-40(41)42)51-53-45-23-9-10-24-46(45)57-51)34-25-27-37(28-26-34)50-55-48(35-14-3-1-4-15-35)54-49(56-50)36-16-5-2-6-17-36/h1-31H. The maximum atomic E-state index is 9.96. The minimum atomic E-state index is 0.583. The van der Waals surface area contributed by atoms with Crippen molar-refractivity contribution in [2.75, 3.05) is 0 Å². The maximum Gasteiger partial charge on any atom is 0.227 e. The molecule has 0 radical (unpaired) electrons. The number of nitriles is 1. The van der Waals surface area contributed by atoms with Crippen molar-refractivity contribution in [1.82, 2.24) is 19.9 Å². The number of aromatic nitrogens is 4. The molecule has 0 aliphatic rings. The first-order valence-electron chi connectivity index (χ1n) is 18.7. The van der Waals surface area contributed by atoms with E-state index < -0.39 is 0 Å². The molecule has 6 nitrogen and oxygen atoms in total. The third kappa shape index (κ3) is 6.29. The normalized spacial score (nSPS) is 11.1. The number of fused-ring (bicyclic) bond motifs is 2. The highest BCUT2D eigenvalue weighted by Gasteiger charge is 2.20. The van der Waals surface area contributed by atoms with Crippen molar-refractivity contribution in [3.05, 3.63) is 194 Å². The Morgan fingerprint density at radius 2 is 0.912 bits per heavy atom. The summed E-state index contributed by atoms with van der Waals surface area (Å²) in [6.07, 6.45) is 0. The topological polar surface area (TPSA) is 88.5 Å². The van der Waals surface area contributed by atoms with Crippen LogP contribution in [-0.4, -0.2) is 19.9 Å². The lowest BCUT2D eigenvalue weighted by Crippen LogP contribution is -2.00. The van der Waals surface area contributed by atoms with Gasteiger partial charge in [-0.3, -0.25) is 0 Å². The van der Waals surface area contributed by atoms with Gasteiger partial charge in [-0.15, -0.1) is 0 Å². The Morgan fingerprint density at radius 3 is 1.58 bits per heavy atom. The molecule has 10 aromatic rings. The van der Waals surface area contributed by atoms with Gasteiger partial charge in [0.25, 0.3) is 0 Å². The summed E-state index contributed by atoms with van der Waals surface area (Å²) in [6.45, 7) is 0. The Balaban J connectivity index is 1.12. The molecule has 0 saturated carbocycles. The first-order valence-corrected chi connectivity index (χ1v) is 18.7. The Morgan fingerprint density at radius 1 is 0.386 bits per heavy atom. The molecule has 0 unspecified atom stereocenters. The van der Waals surface area contributed by atoms with E-state index in [1.54, 1.807) is 0 Å². The summed E-state index contributed by atoms with van der Waals surface area (Å²) in [5.41, 5.74) is 12.0. The fourth-order valence-electron chi connectivity index (χ4n) is 7.52. The second-order valence-electron chi connectivity index (χ2n) is 13.7. The van der Waals surface area contributed by atoms with E-state index in [1.165, 1.54) is 0 Å². The second-order valence-corrected chi connectivity index (χ2v) is 13.7. The van der Waals surface area contributed by atoms with E-state index in [0.29, 0.717) is 28.9 Å². The zero-order valence-electron chi connectivity index (χ0n) is 30.5. The van der Waals surface area contributed by atoms with E-state index in [-0.39, 0.29) is 0 Å². The van der Waals surface area contributed by atoms with Gasteiger partial charge in [0.15, 0.2) is 23.1 Å². The molecule has 57 heavy (non-hydrogen) atoms. The Bertz CT molecular complexity index is 3040. The zero-order chi connectivity index (χ0) is 38.1. The van der Waals surface area contributed by atoms with Crippen LogP contribution < -0.4 is 0 Å². The van der Waals surface area contributed by atoms with E-state index in [2.05, 4.69) is 84.9 Å². The predicted octanol–water partition coefficient (Wildman–Crippen LogP) is 12.7. The van der Waals surface area contributed by atoms with Crippen LogP contribution in [0.3, 0.4) is 0 Å². The molecule has 266 valence electrons. The molecule has 0 spiro atoms. The summed E-state index contributed by atoms with van der Waals surface area (Å²) in [4.78, 5) is 19.6. The maximum absolute atomic E-state index is 9.96. The molecule has 2 aromatic heterocycles. The third-order valence-corrected chi connectivity index (χ3v) is 10.2. The molecule has 0 aliphatic carbocycles. The second kappa shape index (κ2) is 14.3. The van der Waals surface area contributed by atoms with Gasteiger partial charge in [-0.25, -0.2) is 19.9 Å². The van der Waals surface area contributed by atoms with Crippen LogP contribution in [-0.2, 0) is 0 Å². The number of hydrogen-bond donors (Lipinski definition) is 0. The monoisotopic (exact) mass is 729 g/mol. The number of rotatable bonds is 7. The van der Waals surface area contributed by atoms with E-state index in [0.717, 1.165) is 77.5 Å². The van der Waals surface area contributed by atoms with Gasteiger partial charge < -0.3 is 4.42 Å². The average Bonchev–Trinajstić information content (AvgIpc) is 3.73. The van der Waals surface area contributed by atoms with E-state index in [4.69, 9.17) is 24.4 Å². The van der Waals surface area contributed by atoms with Crippen LogP contribution in [0.15, 0.2) is 192 Å². The van der Waals surface area contributed by atoms with Gasteiger partial charge in [-0.05, 0) is 74.5 Å². The van der Waals surface area contributed by atoms with Gasteiger partial charge >= 0.3 is 0 Å². The van der Waals surface area contributed by atoms with Crippen LogP contribution >= 0.6 is 0 Å². The van der Waals surface area contributed by atoms with E-state index >= 15 is 0 Å². The Kier molecular flexibility index (Phi) is 8.44. The third-order valence-electron chi connectivity index (χ3n) is 10.2. The van der Waals surface area contributed by atoms with Crippen molar-refractivity contribution < 1.29 is 4.42 Å². The van der Waals surface area contributed by atoms with Gasteiger partial charge in [0.2, 0.25) is 5.89 Å². The van der Waals surface area contributed by atoms with Gasteiger partial charge in [0.05, 0.1) is 11.6 Å². The minimum absolute atomic E-state index is 0.583. The fourth-order valence-corrected chi connectivity index (χ4v) is 7.52. The molecule has 0 amide bonds. The predicted molar refractivity (Wildman–Crippen MR) is 228 cm³/mol. The summed E-state index contributed by atoms with van der Waals surface area (Å²) in [7, 11) is 0. The summed E-state index contributed by atoms with van der Waals surface area (Å²) < 4.78 is 6.25. The molecule has 0 aliphatic heterocycles. The number of oxazole rings is 1. The van der Waals surface area contributed by atoms with Crippen LogP contribution in [0.2, 0.25) is 0 Å². The smallest absolute Gasteiger partial charge is 0.227 e. The van der Waals surface area contributed by atoms with Gasteiger partial charge in [-0.2, -0.15) is 5.26 Å².